The molecule has 3 rings (SSSR count). The van der Waals surface area contributed by atoms with E-state index in [0.717, 1.165) is 27.5 Å². The summed E-state index contributed by atoms with van der Waals surface area (Å²) in [5, 5.41) is 2.90. The number of halogens is 1. The number of hydrogen-bond donors (Lipinski definition) is 1. The number of nitrogens with zero attached hydrogens (tertiary/aromatic N) is 2. The van der Waals surface area contributed by atoms with Crippen LogP contribution in [0.1, 0.15) is 37.7 Å². The lowest BCUT2D eigenvalue weighted by molar-refractivity contribution is -0.133. The van der Waals surface area contributed by atoms with Gasteiger partial charge in [-0.05, 0) is 76.6 Å². The first-order valence-electron chi connectivity index (χ1n) is 8.87. The zero-order chi connectivity index (χ0) is 20.8. The normalized spacial score (nSPS) is 16.7. The van der Waals surface area contributed by atoms with Crippen molar-refractivity contribution in [3.05, 3.63) is 57.9 Å². The van der Waals surface area contributed by atoms with Crippen LogP contribution in [0, 0.1) is 13.8 Å². The number of carbonyl (C=O) groups excluding carboxylic acids is 3. The molecular formula is C21H22ClN3O3. The number of hydrogen-bond acceptors (Lipinski definition) is 3. The molecule has 1 fully saturated rings. The average Bonchev–Trinajstić information content (AvgIpc) is 2.85. The third-order valence-electron chi connectivity index (χ3n) is 4.63. The van der Waals surface area contributed by atoms with Gasteiger partial charge >= 0.3 is 6.03 Å². The smallest absolute Gasteiger partial charge is 0.318 e. The molecule has 1 saturated heterocycles. The molecule has 1 N–H and O–H groups in total. The minimum atomic E-state index is -0.749. The molecule has 7 heteroatoms. The van der Waals surface area contributed by atoms with Gasteiger partial charge in [0, 0.05) is 27.6 Å². The van der Waals surface area contributed by atoms with Gasteiger partial charge in [0.1, 0.15) is 5.57 Å². The molecule has 0 unspecified atom stereocenters. The number of aryl methyl sites for hydroxylation is 1. The van der Waals surface area contributed by atoms with Crippen molar-refractivity contribution in [3.8, 4) is 5.69 Å². The maximum atomic E-state index is 12.9. The van der Waals surface area contributed by atoms with Crippen LogP contribution in [0.4, 0.5) is 4.79 Å². The molecule has 146 valence electrons. The summed E-state index contributed by atoms with van der Waals surface area (Å²) in [6.07, 6.45) is 1.54. The van der Waals surface area contributed by atoms with Crippen molar-refractivity contribution in [2.45, 2.75) is 40.2 Å². The Bertz CT molecular complexity index is 1010. The Balaban J connectivity index is 2.07. The lowest BCUT2D eigenvalue weighted by Crippen LogP contribution is -2.60. The van der Waals surface area contributed by atoms with Crippen LogP contribution in [-0.4, -0.2) is 32.9 Å². The van der Waals surface area contributed by atoms with Crippen molar-refractivity contribution >= 4 is 35.5 Å². The number of barbiturate groups is 1. The summed E-state index contributed by atoms with van der Waals surface area (Å²) in [6.45, 7) is 9.07. The van der Waals surface area contributed by atoms with Crippen LogP contribution in [0.3, 0.4) is 0 Å². The molecule has 0 bridgehead atoms. The van der Waals surface area contributed by atoms with Crippen LogP contribution in [0.5, 0.6) is 0 Å². The van der Waals surface area contributed by atoms with Crippen molar-refractivity contribution in [2.75, 3.05) is 0 Å². The first-order chi connectivity index (χ1) is 13.0. The molecule has 0 spiro atoms. The number of amides is 4. The molecule has 2 aromatic rings. The molecule has 0 aliphatic carbocycles. The van der Waals surface area contributed by atoms with Gasteiger partial charge in [0.15, 0.2) is 0 Å². The number of benzene rings is 1. The van der Waals surface area contributed by atoms with Crippen LogP contribution in [0.2, 0.25) is 5.02 Å². The van der Waals surface area contributed by atoms with Gasteiger partial charge in [-0.25, -0.2) is 4.79 Å². The summed E-state index contributed by atoms with van der Waals surface area (Å²) in [6, 6.07) is 8.61. The standard InChI is InChI=1S/C21H22ClN3O3/c1-12-10-14(13(2)24(12)16-8-6-15(22)7-9-16)11-17-18(26)23-20(28)25(19(17)27)21(3,4)5/h6-11H,1-5H3,(H,23,26,28). The lowest BCUT2D eigenvalue weighted by atomic mass is 10.0. The largest absolute Gasteiger partial charge is 0.331 e. The Kier molecular flexibility index (Phi) is 4.93. The van der Waals surface area contributed by atoms with Gasteiger partial charge in [-0.2, -0.15) is 0 Å². The van der Waals surface area contributed by atoms with Gasteiger partial charge < -0.3 is 4.57 Å². The number of imide groups is 2. The molecule has 0 saturated carbocycles. The lowest BCUT2D eigenvalue weighted by Gasteiger charge is -2.36. The zero-order valence-electron chi connectivity index (χ0n) is 16.5. The van der Waals surface area contributed by atoms with E-state index in [1.165, 1.54) is 6.08 Å². The fourth-order valence-electron chi connectivity index (χ4n) is 3.34. The minimum absolute atomic E-state index is 0.0640. The van der Waals surface area contributed by atoms with E-state index in [-0.39, 0.29) is 5.57 Å². The van der Waals surface area contributed by atoms with Crippen LogP contribution < -0.4 is 5.32 Å². The molecule has 2 heterocycles. The van der Waals surface area contributed by atoms with E-state index in [1.54, 1.807) is 32.9 Å². The summed E-state index contributed by atoms with van der Waals surface area (Å²) < 4.78 is 2.01. The predicted octanol–water partition coefficient (Wildman–Crippen LogP) is 4.01. The first-order valence-corrected chi connectivity index (χ1v) is 9.25. The second-order valence-electron chi connectivity index (χ2n) is 7.77. The highest BCUT2D eigenvalue weighted by molar-refractivity contribution is 6.31. The molecule has 0 radical (unpaired) electrons. The van der Waals surface area contributed by atoms with E-state index in [1.807, 2.05) is 36.6 Å². The molecule has 4 amide bonds. The van der Waals surface area contributed by atoms with Crippen LogP contribution >= 0.6 is 11.6 Å². The van der Waals surface area contributed by atoms with E-state index in [4.69, 9.17) is 11.6 Å². The predicted molar refractivity (Wildman–Crippen MR) is 108 cm³/mol. The van der Waals surface area contributed by atoms with Crippen molar-refractivity contribution in [3.63, 3.8) is 0 Å². The topological polar surface area (TPSA) is 71.4 Å². The van der Waals surface area contributed by atoms with Gasteiger partial charge in [-0.15, -0.1) is 0 Å². The highest BCUT2D eigenvalue weighted by Crippen LogP contribution is 2.26. The fraction of sp³-hybridized carbons (Fsp3) is 0.286. The summed E-state index contributed by atoms with van der Waals surface area (Å²) in [7, 11) is 0. The van der Waals surface area contributed by atoms with Gasteiger partial charge in [0.25, 0.3) is 11.8 Å². The van der Waals surface area contributed by atoms with Crippen LogP contribution in [0.25, 0.3) is 11.8 Å². The molecule has 1 aromatic heterocycles. The maximum Gasteiger partial charge on any atom is 0.331 e. The van der Waals surface area contributed by atoms with E-state index in [2.05, 4.69) is 5.32 Å². The third kappa shape index (κ3) is 3.47. The quantitative estimate of drug-likeness (QED) is 0.612. The van der Waals surface area contributed by atoms with E-state index < -0.39 is 23.4 Å². The SMILES string of the molecule is Cc1cc(C=C2C(=O)NC(=O)N(C(C)(C)C)C2=O)c(C)n1-c1ccc(Cl)cc1. The van der Waals surface area contributed by atoms with Gasteiger partial charge in [-0.3, -0.25) is 19.8 Å². The Morgan fingerprint density at radius 1 is 1.04 bits per heavy atom. The minimum Gasteiger partial charge on any atom is -0.318 e. The Labute approximate surface area is 168 Å². The van der Waals surface area contributed by atoms with Crippen molar-refractivity contribution in [1.82, 2.24) is 14.8 Å². The summed E-state index contributed by atoms with van der Waals surface area (Å²) >= 11 is 5.97. The number of urea groups is 1. The number of carbonyl (C=O) groups is 3. The highest BCUT2D eigenvalue weighted by atomic mass is 35.5. The summed E-state index contributed by atoms with van der Waals surface area (Å²) in [5.41, 5.74) is 2.66. The van der Waals surface area contributed by atoms with Crippen molar-refractivity contribution in [1.29, 1.82) is 0 Å². The third-order valence-corrected chi connectivity index (χ3v) is 4.88. The van der Waals surface area contributed by atoms with E-state index >= 15 is 0 Å². The molecule has 0 atom stereocenters. The van der Waals surface area contributed by atoms with Gasteiger partial charge in [0.05, 0.1) is 0 Å². The monoisotopic (exact) mass is 399 g/mol. The van der Waals surface area contributed by atoms with Crippen LogP contribution in [0.15, 0.2) is 35.9 Å². The van der Waals surface area contributed by atoms with Crippen LogP contribution in [-0.2, 0) is 9.59 Å². The molecule has 6 nitrogen and oxygen atoms in total. The Morgan fingerprint density at radius 2 is 1.64 bits per heavy atom. The van der Waals surface area contributed by atoms with Gasteiger partial charge in [0.2, 0.25) is 0 Å². The Hall–Kier alpha value is -2.86. The van der Waals surface area contributed by atoms with Crippen molar-refractivity contribution < 1.29 is 14.4 Å². The number of aromatic nitrogens is 1. The second-order valence-corrected chi connectivity index (χ2v) is 8.20. The maximum absolute atomic E-state index is 12.9. The molecule has 1 aliphatic rings. The summed E-state index contributed by atoms with van der Waals surface area (Å²) in [4.78, 5) is 38.4. The fourth-order valence-corrected chi connectivity index (χ4v) is 3.47. The molecule has 28 heavy (non-hydrogen) atoms. The van der Waals surface area contributed by atoms with Crippen molar-refractivity contribution in [2.24, 2.45) is 0 Å². The number of nitrogens with one attached hydrogen (secondary N) is 1. The first kappa shape index (κ1) is 19.9. The average molecular weight is 400 g/mol. The second kappa shape index (κ2) is 6.95. The summed E-state index contributed by atoms with van der Waals surface area (Å²) in [5.74, 6) is -1.29. The van der Waals surface area contributed by atoms with E-state index in [0.29, 0.717) is 5.02 Å². The van der Waals surface area contributed by atoms with E-state index in [9.17, 15) is 14.4 Å². The molecular weight excluding hydrogens is 378 g/mol. The highest BCUT2D eigenvalue weighted by Gasteiger charge is 2.41. The van der Waals surface area contributed by atoms with Gasteiger partial charge in [-0.1, -0.05) is 11.6 Å². The zero-order valence-corrected chi connectivity index (χ0v) is 17.2. The molecule has 1 aromatic carbocycles. The number of rotatable bonds is 2. The molecule has 1 aliphatic heterocycles. The Morgan fingerprint density at radius 3 is 2.21 bits per heavy atom.